The molecule has 0 aromatic rings. The molecule has 1 aliphatic rings. The fourth-order valence-corrected chi connectivity index (χ4v) is 2.12. The lowest BCUT2D eigenvalue weighted by Crippen LogP contribution is -2.37. The van der Waals surface area contributed by atoms with Crippen LogP contribution < -0.4 is 0 Å². The summed E-state index contributed by atoms with van der Waals surface area (Å²) in [6.45, 7) is 4.85. The number of amides is 1. The zero-order valence-electron chi connectivity index (χ0n) is 9.03. The third kappa shape index (κ3) is 2.34. The Kier molecular flexibility index (Phi) is 4.11. The number of carbonyl (C=O) groups excluding carboxylic acids is 2. The van der Waals surface area contributed by atoms with Gasteiger partial charge in [0, 0.05) is 13.0 Å². The van der Waals surface area contributed by atoms with Crippen LogP contribution in [0.5, 0.6) is 0 Å². The Hall–Kier alpha value is -0.860. The van der Waals surface area contributed by atoms with Crippen molar-refractivity contribution < 1.29 is 9.59 Å². The van der Waals surface area contributed by atoms with Crippen LogP contribution in [0, 0.1) is 5.92 Å². The lowest BCUT2D eigenvalue weighted by molar-refractivity contribution is -0.132. The van der Waals surface area contributed by atoms with Gasteiger partial charge in [0.25, 0.3) is 0 Å². The van der Waals surface area contributed by atoms with E-state index in [2.05, 4.69) is 6.92 Å². The molecule has 3 heteroatoms. The summed E-state index contributed by atoms with van der Waals surface area (Å²) in [5.74, 6) is 0.629. The first-order valence-electron chi connectivity index (χ1n) is 5.47. The molecular weight excluding hydrogens is 178 g/mol. The van der Waals surface area contributed by atoms with Gasteiger partial charge in [0.15, 0.2) is 0 Å². The average Bonchev–Trinajstić information content (AvgIpc) is 2.51. The molecular formula is C11H19NO2. The van der Waals surface area contributed by atoms with E-state index in [4.69, 9.17) is 0 Å². The zero-order valence-corrected chi connectivity index (χ0v) is 9.03. The summed E-state index contributed by atoms with van der Waals surface area (Å²) in [5, 5.41) is 0. The number of hydrogen-bond donors (Lipinski definition) is 0. The number of likely N-dealkylation sites (tertiary alicyclic amines) is 1. The van der Waals surface area contributed by atoms with Gasteiger partial charge in [0.1, 0.15) is 6.29 Å². The molecule has 0 unspecified atom stereocenters. The first kappa shape index (κ1) is 11.2. The molecule has 1 rings (SSSR count). The van der Waals surface area contributed by atoms with E-state index < -0.39 is 0 Å². The summed E-state index contributed by atoms with van der Waals surface area (Å²) in [7, 11) is 0. The van der Waals surface area contributed by atoms with Crippen LogP contribution in [0.2, 0.25) is 0 Å². The highest BCUT2D eigenvalue weighted by atomic mass is 16.2. The van der Waals surface area contributed by atoms with E-state index in [0.29, 0.717) is 12.3 Å². The van der Waals surface area contributed by atoms with Crippen molar-refractivity contribution in [3.05, 3.63) is 0 Å². The molecule has 2 atom stereocenters. The lowest BCUT2D eigenvalue weighted by Gasteiger charge is -2.22. The van der Waals surface area contributed by atoms with Gasteiger partial charge in [-0.2, -0.15) is 0 Å². The maximum Gasteiger partial charge on any atom is 0.223 e. The van der Waals surface area contributed by atoms with Gasteiger partial charge < -0.3 is 9.69 Å². The van der Waals surface area contributed by atoms with Gasteiger partial charge in [-0.3, -0.25) is 4.79 Å². The maximum atomic E-state index is 11.6. The highest BCUT2D eigenvalue weighted by molar-refractivity contribution is 5.82. The van der Waals surface area contributed by atoms with E-state index in [1.165, 1.54) is 0 Å². The van der Waals surface area contributed by atoms with Crippen molar-refractivity contribution in [1.82, 2.24) is 4.90 Å². The minimum absolute atomic E-state index is 0.155. The van der Waals surface area contributed by atoms with Crippen LogP contribution in [0.25, 0.3) is 0 Å². The van der Waals surface area contributed by atoms with E-state index >= 15 is 0 Å². The van der Waals surface area contributed by atoms with Crippen molar-refractivity contribution in [1.29, 1.82) is 0 Å². The second-order valence-corrected chi connectivity index (χ2v) is 4.02. The van der Waals surface area contributed by atoms with Crippen LogP contribution in [0.4, 0.5) is 0 Å². The molecule has 0 spiro atoms. The minimum atomic E-state index is -0.190. The molecule has 0 saturated carbocycles. The molecule has 1 fully saturated rings. The molecule has 0 N–H and O–H groups in total. The summed E-state index contributed by atoms with van der Waals surface area (Å²) in [5.41, 5.74) is 0. The topological polar surface area (TPSA) is 37.4 Å². The second kappa shape index (κ2) is 5.13. The molecule has 0 aromatic heterocycles. The van der Waals surface area contributed by atoms with Crippen LogP contribution in [-0.4, -0.2) is 29.7 Å². The van der Waals surface area contributed by atoms with Crippen LogP contribution in [0.3, 0.4) is 0 Å². The van der Waals surface area contributed by atoms with E-state index in [9.17, 15) is 9.59 Å². The molecule has 1 amide bonds. The zero-order chi connectivity index (χ0) is 10.6. The third-order valence-corrected chi connectivity index (χ3v) is 2.91. The van der Waals surface area contributed by atoms with Crippen molar-refractivity contribution in [2.45, 2.75) is 45.6 Å². The van der Waals surface area contributed by atoms with Gasteiger partial charge in [-0.05, 0) is 18.8 Å². The van der Waals surface area contributed by atoms with Gasteiger partial charge in [-0.25, -0.2) is 0 Å². The highest BCUT2D eigenvalue weighted by Crippen LogP contribution is 2.24. The number of rotatable bonds is 5. The Morgan fingerprint density at radius 2 is 2.29 bits per heavy atom. The average molecular weight is 197 g/mol. The number of nitrogens with zero attached hydrogens (tertiary/aromatic N) is 1. The summed E-state index contributed by atoms with van der Waals surface area (Å²) in [4.78, 5) is 24.1. The molecule has 1 heterocycles. The van der Waals surface area contributed by atoms with Crippen LogP contribution in [0.1, 0.15) is 39.5 Å². The first-order valence-corrected chi connectivity index (χ1v) is 5.47. The van der Waals surface area contributed by atoms with Gasteiger partial charge in [0.05, 0.1) is 6.04 Å². The Labute approximate surface area is 85.5 Å². The van der Waals surface area contributed by atoms with Gasteiger partial charge in [-0.15, -0.1) is 0 Å². The van der Waals surface area contributed by atoms with Crippen molar-refractivity contribution in [2.24, 2.45) is 5.92 Å². The standard InChI is InChI=1S/C11H19NO2/c1-3-5-9-6-11(14)12(7-9)10(4-2)8-13/h8-10H,3-7H2,1-2H3/t9-,10-/m0/s1. The summed E-state index contributed by atoms with van der Waals surface area (Å²) in [6.07, 6.45) is 4.47. The molecule has 0 aromatic carbocycles. The summed E-state index contributed by atoms with van der Waals surface area (Å²) < 4.78 is 0. The number of aldehydes is 1. The largest absolute Gasteiger partial charge is 0.333 e. The number of carbonyl (C=O) groups is 2. The Morgan fingerprint density at radius 1 is 1.57 bits per heavy atom. The molecule has 80 valence electrons. The van der Waals surface area contributed by atoms with Crippen molar-refractivity contribution in [3.8, 4) is 0 Å². The molecule has 14 heavy (non-hydrogen) atoms. The fraction of sp³-hybridized carbons (Fsp3) is 0.818. The van der Waals surface area contributed by atoms with E-state index in [1.807, 2.05) is 6.92 Å². The predicted molar refractivity (Wildman–Crippen MR) is 54.9 cm³/mol. The van der Waals surface area contributed by atoms with Crippen molar-refractivity contribution in [3.63, 3.8) is 0 Å². The number of hydrogen-bond acceptors (Lipinski definition) is 2. The van der Waals surface area contributed by atoms with E-state index in [-0.39, 0.29) is 11.9 Å². The predicted octanol–water partition coefficient (Wildman–Crippen LogP) is 1.61. The van der Waals surface area contributed by atoms with Crippen LogP contribution in [-0.2, 0) is 9.59 Å². The molecule has 0 aliphatic carbocycles. The Bertz CT molecular complexity index is 215. The first-order chi connectivity index (χ1) is 6.72. The van der Waals surface area contributed by atoms with E-state index in [0.717, 1.165) is 32.1 Å². The Balaban J connectivity index is 2.55. The van der Waals surface area contributed by atoms with Crippen LogP contribution >= 0.6 is 0 Å². The van der Waals surface area contributed by atoms with E-state index in [1.54, 1.807) is 4.90 Å². The minimum Gasteiger partial charge on any atom is -0.333 e. The third-order valence-electron chi connectivity index (χ3n) is 2.91. The summed E-state index contributed by atoms with van der Waals surface area (Å²) in [6, 6.07) is -0.190. The molecule has 1 saturated heterocycles. The second-order valence-electron chi connectivity index (χ2n) is 4.02. The highest BCUT2D eigenvalue weighted by Gasteiger charge is 2.32. The molecule has 0 bridgehead atoms. The van der Waals surface area contributed by atoms with Crippen LogP contribution in [0.15, 0.2) is 0 Å². The fourth-order valence-electron chi connectivity index (χ4n) is 2.12. The quantitative estimate of drug-likeness (QED) is 0.628. The van der Waals surface area contributed by atoms with Crippen molar-refractivity contribution >= 4 is 12.2 Å². The molecule has 1 aliphatic heterocycles. The van der Waals surface area contributed by atoms with Gasteiger partial charge in [0.2, 0.25) is 5.91 Å². The smallest absolute Gasteiger partial charge is 0.223 e. The maximum absolute atomic E-state index is 11.6. The molecule has 3 nitrogen and oxygen atoms in total. The van der Waals surface area contributed by atoms with Gasteiger partial charge in [-0.1, -0.05) is 20.3 Å². The summed E-state index contributed by atoms with van der Waals surface area (Å²) >= 11 is 0. The SMILES string of the molecule is CCC[C@H]1CC(=O)N([C@H](C=O)CC)C1. The monoisotopic (exact) mass is 197 g/mol. The van der Waals surface area contributed by atoms with Crippen molar-refractivity contribution in [2.75, 3.05) is 6.54 Å². The lowest BCUT2D eigenvalue weighted by atomic mass is 10.0. The Morgan fingerprint density at radius 3 is 2.79 bits per heavy atom. The van der Waals surface area contributed by atoms with Gasteiger partial charge >= 0.3 is 0 Å². The molecule has 0 radical (unpaired) electrons. The normalized spacial score (nSPS) is 24.0.